The molecule has 0 fully saturated rings. The molecule has 0 spiro atoms. The minimum Gasteiger partial charge on any atom is -0.190 e. The van der Waals surface area contributed by atoms with Crippen molar-refractivity contribution >= 4 is 27.6 Å². The molecule has 1 aromatic heterocycles. The third-order valence-corrected chi connectivity index (χ3v) is 2.24. The lowest BCUT2D eigenvalue weighted by Crippen LogP contribution is -1.79. The standard InChI is InChI=1S/C6H5FO2S2/c7-11(8,9)5-3-6-2-1-4-10-6/h1-5H. The predicted molar refractivity (Wildman–Crippen MR) is 43.4 cm³/mol. The maximum Gasteiger partial charge on any atom is 0.325 e. The fourth-order valence-corrected chi connectivity index (χ4v) is 1.55. The smallest absolute Gasteiger partial charge is 0.190 e. The molecule has 0 atom stereocenters. The highest BCUT2D eigenvalue weighted by molar-refractivity contribution is 7.89. The van der Waals surface area contributed by atoms with Crippen molar-refractivity contribution in [3.05, 3.63) is 27.8 Å². The Labute approximate surface area is 68.2 Å². The molecule has 5 heteroatoms. The molecule has 0 unspecified atom stereocenters. The molecule has 11 heavy (non-hydrogen) atoms. The van der Waals surface area contributed by atoms with Gasteiger partial charge in [-0.15, -0.1) is 15.2 Å². The van der Waals surface area contributed by atoms with Crippen LogP contribution in [0, 0.1) is 0 Å². The minimum atomic E-state index is -4.47. The Hall–Kier alpha value is -0.680. The van der Waals surface area contributed by atoms with Gasteiger partial charge in [0.05, 0.1) is 5.41 Å². The van der Waals surface area contributed by atoms with Crippen molar-refractivity contribution in [3.63, 3.8) is 0 Å². The van der Waals surface area contributed by atoms with Crippen LogP contribution in [0.4, 0.5) is 3.89 Å². The van der Waals surface area contributed by atoms with Crippen molar-refractivity contribution in [1.82, 2.24) is 0 Å². The lowest BCUT2D eigenvalue weighted by Gasteiger charge is -1.80. The van der Waals surface area contributed by atoms with Crippen LogP contribution in [0.25, 0.3) is 6.08 Å². The number of hydrogen-bond acceptors (Lipinski definition) is 3. The van der Waals surface area contributed by atoms with Crippen LogP contribution >= 0.6 is 11.3 Å². The van der Waals surface area contributed by atoms with Gasteiger partial charge in [0.25, 0.3) is 0 Å². The first-order valence-corrected chi connectivity index (χ1v) is 5.07. The Kier molecular flexibility index (Phi) is 2.41. The van der Waals surface area contributed by atoms with E-state index in [1.165, 1.54) is 17.4 Å². The molecule has 0 radical (unpaired) electrons. The maximum atomic E-state index is 11.9. The van der Waals surface area contributed by atoms with E-state index in [4.69, 9.17) is 0 Å². The van der Waals surface area contributed by atoms with Crippen molar-refractivity contribution in [2.45, 2.75) is 0 Å². The molecule has 0 amide bonds. The summed E-state index contributed by atoms with van der Waals surface area (Å²) in [6, 6.07) is 3.46. The van der Waals surface area contributed by atoms with E-state index in [0.29, 0.717) is 10.3 Å². The number of rotatable bonds is 2. The topological polar surface area (TPSA) is 34.1 Å². The van der Waals surface area contributed by atoms with Crippen LogP contribution in [0.15, 0.2) is 22.9 Å². The summed E-state index contributed by atoms with van der Waals surface area (Å²) >= 11 is 1.35. The third kappa shape index (κ3) is 3.29. The molecule has 2 nitrogen and oxygen atoms in total. The van der Waals surface area contributed by atoms with Crippen molar-refractivity contribution in [2.75, 3.05) is 0 Å². The quantitative estimate of drug-likeness (QED) is 0.672. The zero-order valence-electron chi connectivity index (χ0n) is 5.40. The van der Waals surface area contributed by atoms with Crippen LogP contribution in [0.2, 0.25) is 0 Å². The Balaban J connectivity index is 2.79. The fraction of sp³-hybridized carbons (Fsp3) is 0. The molecule has 0 saturated carbocycles. The maximum absolute atomic E-state index is 11.9. The summed E-state index contributed by atoms with van der Waals surface area (Å²) in [5.41, 5.74) is 0. The van der Waals surface area contributed by atoms with E-state index in [0.717, 1.165) is 0 Å². The van der Waals surface area contributed by atoms with Crippen molar-refractivity contribution < 1.29 is 12.3 Å². The zero-order valence-corrected chi connectivity index (χ0v) is 7.03. The van der Waals surface area contributed by atoms with Gasteiger partial charge in [-0.1, -0.05) is 6.07 Å². The Morgan fingerprint density at radius 1 is 1.55 bits per heavy atom. The minimum absolute atomic E-state index is 0.541. The molecule has 0 N–H and O–H groups in total. The van der Waals surface area contributed by atoms with Gasteiger partial charge in [-0.2, -0.15) is 8.42 Å². The number of thiophene rings is 1. The van der Waals surface area contributed by atoms with E-state index in [-0.39, 0.29) is 0 Å². The third-order valence-electron chi connectivity index (χ3n) is 0.938. The van der Waals surface area contributed by atoms with Gasteiger partial charge in [0.2, 0.25) is 0 Å². The fourth-order valence-electron chi connectivity index (χ4n) is 0.534. The van der Waals surface area contributed by atoms with Crippen molar-refractivity contribution in [2.24, 2.45) is 0 Å². The molecule has 0 aromatic carbocycles. The largest absolute Gasteiger partial charge is 0.325 e. The second kappa shape index (κ2) is 3.15. The van der Waals surface area contributed by atoms with Gasteiger partial charge in [0.1, 0.15) is 0 Å². The van der Waals surface area contributed by atoms with Gasteiger partial charge in [0.15, 0.2) is 0 Å². The summed E-state index contributed by atoms with van der Waals surface area (Å²) in [6.45, 7) is 0. The van der Waals surface area contributed by atoms with Crippen LogP contribution in [0.1, 0.15) is 4.88 Å². The summed E-state index contributed by atoms with van der Waals surface area (Å²) in [5.74, 6) is 0. The van der Waals surface area contributed by atoms with Gasteiger partial charge >= 0.3 is 10.2 Å². The molecule has 0 bridgehead atoms. The second-order valence-corrected chi connectivity index (χ2v) is 4.00. The molecular formula is C6H5FO2S2. The summed E-state index contributed by atoms with van der Waals surface area (Å²) in [7, 11) is -4.47. The first-order valence-electron chi connectivity index (χ1n) is 2.74. The molecule has 1 heterocycles. The first kappa shape index (κ1) is 8.42. The highest BCUT2D eigenvalue weighted by Gasteiger charge is 1.98. The molecule has 0 aliphatic rings. The summed E-state index contributed by atoms with van der Waals surface area (Å²) in [5, 5.41) is 2.32. The van der Waals surface area contributed by atoms with E-state index < -0.39 is 10.2 Å². The lowest BCUT2D eigenvalue weighted by atomic mass is 10.5. The van der Waals surface area contributed by atoms with E-state index in [9.17, 15) is 12.3 Å². The Morgan fingerprint density at radius 3 is 2.73 bits per heavy atom. The van der Waals surface area contributed by atoms with Crippen LogP contribution in [-0.2, 0) is 10.2 Å². The van der Waals surface area contributed by atoms with Gasteiger partial charge < -0.3 is 0 Å². The second-order valence-electron chi connectivity index (χ2n) is 1.79. The van der Waals surface area contributed by atoms with Gasteiger partial charge in [-0.3, -0.25) is 0 Å². The molecular weight excluding hydrogens is 187 g/mol. The molecule has 0 aliphatic carbocycles. The van der Waals surface area contributed by atoms with Gasteiger partial charge in [-0.05, 0) is 17.5 Å². The Morgan fingerprint density at radius 2 is 2.27 bits per heavy atom. The Bertz CT molecular complexity index is 337. The highest BCUT2D eigenvalue weighted by atomic mass is 32.3. The molecule has 60 valence electrons. The number of hydrogen-bond donors (Lipinski definition) is 0. The predicted octanol–water partition coefficient (Wildman–Crippen LogP) is 2.02. The van der Waals surface area contributed by atoms with E-state index in [1.807, 2.05) is 0 Å². The summed E-state index contributed by atoms with van der Waals surface area (Å²) in [6.07, 6.45) is 1.22. The van der Waals surface area contributed by atoms with E-state index in [2.05, 4.69) is 0 Å². The zero-order chi connectivity index (χ0) is 8.32. The lowest BCUT2D eigenvalue weighted by molar-refractivity contribution is 0.563. The molecule has 1 rings (SSSR count). The van der Waals surface area contributed by atoms with Crippen LogP contribution < -0.4 is 0 Å². The highest BCUT2D eigenvalue weighted by Crippen LogP contribution is 2.11. The monoisotopic (exact) mass is 192 g/mol. The molecule has 0 aliphatic heterocycles. The number of halogens is 1. The van der Waals surface area contributed by atoms with Crippen molar-refractivity contribution in [1.29, 1.82) is 0 Å². The van der Waals surface area contributed by atoms with E-state index in [1.54, 1.807) is 17.5 Å². The summed E-state index contributed by atoms with van der Waals surface area (Å²) < 4.78 is 31.8. The summed E-state index contributed by atoms with van der Waals surface area (Å²) in [4.78, 5) is 0.714. The van der Waals surface area contributed by atoms with Crippen LogP contribution in [0.5, 0.6) is 0 Å². The average molecular weight is 192 g/mol. The molecule has 0 saturated heterocycles. The van der Waals surface area contributed by atoms with Gasteiger partial charge in [0, 0.05) is 4.88 Å². The van der Waals surface area contributed by atoms with E-state index >= 15 is 0 Å². The van der Waals surface area contributed by atoms with Crippen molar-refractivity contribution in [3.8, 4) is 0 Å². The van der Waals surface area contributed by atoms with Gasteiger partial charge in [-0.25, -0.2) is 0 Å². The van der Waals surface area contributed by atoms with Crippen LogP contribution in [-0.4, -0.2) is 8.42 Å². The first-order chi connectivity index (χ1) is 5.08. The van der Waals surface area contributed by atoms with Crippen LogP contribution in [0.3, 0.4) is 0 Å². The average Bonchev–Trinajstić information content (AvgIpc) is 2.32. The SMILES string of the molecule is O=S(=O)(F)C=Cc1cccs1. The molecule has 1 aromatic rings. The normalized spacial score (nSPS) is 12.5.